The van der Waals surface area contributed by atoms with E-state index >= 15 is 0 Å². The van der Waals surface area contributed by atoms with Crippen LogP contribution in [0.2, 0.25) is 0 Å². The van der Waals surface area contributed by atoms with Crippen LogP contribution in [0.4, 0.5) is 5.69 Å². The van der Waals surface area contributed by atoms with Crippen molar-refractivity contribution in [2.75, 3.05) is 5.32 Å². The summed E-state index contributed by atoms with van der Waals surface area (Å²) < 4.78 is 5.56. The number of anilines is 1. The number of furan rings is 1. The van der Waals surface area contributed by atoms with Crippen LogP contribution in [0.25, 0.3) is 11.3 Å². The van der Waals surface area contributed by atoms with E-state index in [1.165, 1.54) is 11.3 Å². The van der Waals surface area contributed by atoms with E-state index in [2.05, 4.69) is 10.6 Å². The maximum Gasteiger partial charge on any atom is 0.267 e. The number of benzene rings is 1. The summed E-state index contributed by atoms with van der Waals surface area (Å²) >= 11 is 6.55. The molecular formula is C18H16N2O3S2. The molecule has 0 saturated carbocycles. The molecule has 3 N–H and O–H groups in total. The van der Waals surface area contributed by atoms with Crippen molar-refractivity contribution in [3.8, 4) is 11.3 Å². The number of aliphatic hydroxyl groups is 1. The number of nitrogens with one attached hydrogen (secondary N) is 2. The summed E-state index contributed by atoms with van der Waals surface area (Å²) in [6.45, 7) is 1.83. The fourth-order valence-corrected chi connectivity index (χ4v) is 3.19. The Labute approximate surface area is 154 Å². The zero-order valence-corrected chi connectivity index (χ0v) is 15.0. The number of thiophene rings is 1. The predicted molar refractivity (Wildman–Crippen MR) is 103 cm³/mol. The van der Waals surface area contributed by atoms with Crippen LogP contribution in [0, 0.1) is 6.92 Å². The largest absolute Gasteiger partial charge is 0.459 e. The minimum Gasteiger partial charge on any atom is -0.459 e. The molecule has 0 spiro atoms. The van der Waals surface area contributed by atoms with E-state index in [0.29, 0.717) is 16.4 Å². The number of aliphatic hydroxyl groups excluding tert-OH is 1. The molecule has 1 aromatic carbocycles. The second-order valence-corrected chi connectivity index (χ2v) is 6.70. The van der Waals surface area contributed by atoms with Gasteiger partial charge in [0.25, 0.3) is 5.91 Å². The van der Waals surface area contributed by atoms with Crippen LogP contribution < -0.4 is 10.6 Å². The Morgan fingerprint density at radius 1 is 1.28 bits per heavy atom. The zero-order chi connectivity index (χ0) is 17.8. The molecule has 1 amide bonds. The third-order valence-corrected chi connectivity index (χ3v) is 4.61. The number of amides is 1. The highest BCUT2D eigenvalue weighted by molar-refractivity contribution is 7.80. The van der Waals surface area contributed by atoms with Gasteiger partial charge in [-0.2, -0.15) is 0 Å². The highest BCUT2D eigenvalue weighted by Crippen LogP contribution is 2.27. The lowest BCUT2D eigenvalue weighted by atomic mass is 10.1. The quantitative estimate of drug-likeness (QED) is 0.605. The number of hydrogen-bond donors (Lipinski definition) is 3. The molecule has 0 radical (unpaired) electrons. The van der Waals surface area contributed by atoms with Gasteiger partial charge in [0.1, 0.15) is 18.1 Å². The van der Waals surface area contributed by atoms with Crippen LogP contribution in [0.15, 0.2) is 52.3 Å². The Hall–Kier alpha value is -2.48. The number of carbonyl (C=O) groups is 1. The molecule has 7 heteroatoms. The lowest BCUT2D eigenvalue weighted by Crippen LogP contribution is -2.33. The minimum atomic E-state index is -0.229. The molecule has 0 aliphatic heterocycles. The minimum absolute atomic E-state index is 0.128. The van der Waals surface area contributed by atoms with Crippen molar-refractivity contribution in [1.29, 1.82) is 0 Å². The smallest absolute Gasteiger partial charge is 0.267 e. The van der Waals surface area contributed by atoms with Gasteiger partial charge in [0.2, 0.25) is 0 Å². The summed E-state index contributed by atoms with van der Waals surface area (Å²) in [5.41, 5.74) is 2.68. The van der Waals surface area contributed by atoms with E-state index in [-0.39, 0.29) is 17.6 Å². The van der Waals surface area contributed by atoms with Crippen LogP contribution in [-0.2, 0) is 6.61 Å². The number of carbonyl (C=O) groups excluding carboxylic acids is 1. The molecule has 0 bridgehead atoms. The van der Waals surface area contributed by atoms with Crippen LogP contribution >= 0.6 is 23.6 Å². The van der Waals surface area contributed by atoms with Gasteiger partial charge in [-0.15, -0.1) is 11.3 Å². The highest BCUT2D eigenvalue weighted by atomic mass is 32.1. The van der Waals surface area contributed by atoms with Gasteiger partial charge in [-0.1, -0.05) is 6.07 Å². The summed E-state index contributed by atoms with van der Waals surface area (Å²) in [5, 5.41) is 16.8. The molecule has 25 heavy (non-hydrogen) atoms. The van der Waals surface area contributed by atoms with Crippen molar-refractivity contribution in [3.05, 3.63) is 64.0 Å². The van der Waals surface area contributed by atoms with Crippen molar-refractivity contribution in [2.24, 2.45) is 0 Å². The number of hydrogen-bond acceptors (Lipinski definition) is 5. The normalized spacial score (nSPS) is 10.5. The molecule has 0 unspecified atom stereocenters. The molecule has 0 aliphatic carbocycles. The first kappa shape index (κ1) is 17.3. The second kappa shape index (κ2) is 7.60. The molecule has 0 aliphatic rings. The maximum atomic E-state index is 12.0. The number of rotatable bonds is 4. The van der Waals surface area contributed by atoms with Gasteiger partial charge in [-0.05, 0) is 66.5 Å². The van der Waals surface area contributed by atoms with Crippen LogP contribution in [-0.4, -0.2) is 16.1 Å². The monoisotopic (exact) mass is 372 g/mol. The molecule has 3 aromatic rings. The van der Waals surface area contributed by atoms with Crippen LogP contribution in [0.3, 0.4) is 0 Å². The molecule has 128 valence electrons. The first-order chi connectivity index (χ1) is 12.1. The topological polar surface area (TPSA) is 74.5 Å². The average molecular weight is 372 g/mol. The molecule has 5 nitrogen and oxygen atoms in total. The Bertz CT molecular complexity index is 901. The molecule has 0 saturated heterocycles. The van der Waals surface area contributed by atoms with E-state index in [1.54, 1.807) is 12.1 Å². The molecule has 2 aromatic heterocycles. The van der Waals surface area contributed by atoms with E-state index < -0.39 is 0 Å². The summed E-state index contributed by atoms with van der Waals surface area (Å²) in [5.74, 6) is 0.990. The van der Waals surface area contributed by atoms with Crippen molar-refractivity contribution in [3.63, 3.8) is 0 Å². The van der Waals surface area contributed by atoms with Gasteiger partial charge >= 0.3 is 0 Å². The molecule has 2 heterocycles. The van der Waals surface area contributed by atoms with Gasteiger partial charge in [0.05, 0.1) is 4.88 Å². The van der Waals surface area contributed by atoms with Crippen molar-refractivity contribution in [2.45, 2.75) is 13.5 Å². The summed E-state index contributed by atoms with van der Waals surface area (Å²) in [4.78, 5) is 12.6. The SMILES string of the molecule is Cc1cc(NC(=S)NC(=O)c2cccs2)ccc1-c1ccc(CO)o1. The lowest BCUT2D eigenvalue weighted by molar-refractivity contribution is 0.0981. The standard InChI is InChI=1S/C18H16N2O3S2/c1-11-9-12(4-6-14(11)15-7-5-13(10-21)23-15)19-18(24)20-17(22)16-3-2-8-25-16/h2-9,21H,10H2,1H3,(H2,19,20,22,24). The Morgan fingerprint density at radius 2 is 2.12 bits per heavy atom. The van der Waals surface area contributed by atoms with E-state index in [4.69, 9.17) is 21.7 Å². The first-order valence-electron chi connectivity index (χ1n) is 7.53. The summed E-state index contributed by atoms with van der Waals surface area (Å²) in [6, 6.07) is 12.8. The Morgan fingerprint density at radius 3 is 2.76 bits per heavy atom. The number of aryl methyl sites for hydroxylation is 1. The fraction of sp³-hybridized carbons (Fsp3) is 0.111. The third kappa shape index (κ3) is 4.14. The van der Waals surface area contributed by atoms with E-state index in [9.17, 15) is 4.79 Å². The fourth-order valence-electron chi connectivity index (χ4n) is 2.36. The predicted octanol–water partition coefficient (Wildman–Crippen LogP) is 3.94. The molecule has 0 atom stereocenters. The van der Waals surface area contributed by atoms with Crippen molar-refractivity contribution < 1.29 is 14.3 Å². The van der Waals surface area contributed by atoms with Gasteiger partial charge in [-0.25, -0.2) is 0 Å². The van der Waals surface area contributed by atoms with E-state index in [0.717, 1.165) is 16.8 Å². The van der Waals surface area contributed by atoms with Gasteiger partial charge in [-0.3, -0.25) is 10.1 Å². The molecular weight excluding hydrogens is 356 g/mol. The summed E-state index contributed by atoms with van der Waals surface area (Å²) in [6.07, 6.45) is 0. The highest BCUT2D eigenvalue weighted by Gasteiger charge is 2.11. The van der Waals surface area contributed by atoms with Gasteiger partial charge in [0, 0.05) is 11.3 Å². The number of thiocarbonyl (C=S) groups is 1. The first-order valence-corrected chi connectivity index (χ1v) is 8.82. The summed E-state index contributed by atoms with van der Waals surface area (Å²) in [7, 11) is 0. The Balaban J connectivity index is 1.68. The Kier molecular flexibility index (Phi) is 5.28. The average Bonchev–Trinajstić information content (AvgIpc) is 3.26. The van der Waals surface area contributed by atoms with Crippen molar-refractivity contribution in [1.82, 2.24) is 5.32 Å². The van der Waals surface area contributed by atoms with Crippen molar-refractivity contribution >= 4 is 40.3 Å². The van der Waals surface area contributed by atoms with E-state index in [1.807, 2.05) is 42.6 Å². The van der Waals surface area contributed by atoms with Gasteiger partial charge < -0.3 is 14.8 Å². The molecule has 3 rings (SSSR count). The van der Waals surface area contributed by atoms with Crippen LogP contribution in [0.5, 0.6) is 0 Å². The maximum absolute atomic E-state index is 12.0. The molecule has 0 fully saturated rings. The zero-order valence-electron chi connectivity index (χ0n) is 13.4. The second-order valence-electron chi connectivity index (χ2n) is 5.34. The lowest BCUT2D eigenvalue weighted by Gasteiger charge is -2.11. The third-order valence-electron chi connectivity index (χ3n) is 3.54. The van der Waals surface area contributed by atoms with Gasteiger partial charge in [0.15, 0.2) is 5.11 Å². The van der Waals surface area contributed by atoms with Crippen LogP contribution in [0.1, 0.15) is 21.0 Å².